The summed E-state index contributed by atoms with van der Waals surface area (Å²) in [5.74, 6) is 1.63. The second kappa shape index (κ2) is 9.17. The monoisotopic (exact) mass is 381 g/mol. The van der Waals surface area contributed by atoms with E-state index in [0.29, 0.717) is 18.0 Å². The average molecular weight is 381 g/mol. The number of benzene rings is 2. The summed E-state index contributed by atoms with van der Waals surface area (Å²) in [6.07, 6.45) is 3.24. The van der Waals surface area contributed by atoms with E-state index in [1.807, 2.05) is 6.07 Å². The highest BCUT2D eigenvalue weighted by atomic mass is 16.5. The lowest BCUT2D eigenvalue weighted by Gasteiger charge is -2.30. The largest absolute Gasteiger partial charge is 0.502 e. The Morgan fingerprint density at radius 1 is 1.14 bits per heavy atom. The molecule has 1 heterocycles. The van der Waals surface area contributed by atoms with Gasteiger partial charge in [-0.25, -0.2) is 0 Å². The average Bonchev–Trinajstić information content (AvgIpc) is 2.76. The molecule has 0 aliphatic carbocycles. The Morgan fingerprint density at radius 3 is 2.36 bits per heavy atom. The van der Waals surface area contributed by atoms with Gasteiger partial charge >= 0.3 is 0 Å². The van der Waals surface area contributed by atoms with Gasteiger partial charge in [-0.2, -0.15) is 0 Å². The van der Waals surface area contributed by atoms with Crippen molar-refractivity contribution >= 4 is 11.5 Å². The molecule has 0 saturated carbocycles. The van der Waals surface area contributed by atoms with Crippen molar-refractivity contribution in [1.29, 1.82) is 0 Å². The molecule has 0 atom stereocenters. The molecule has 0 unspecified atom stereocenters. The van der Waals surface area contributed by atoms with Crippen LogP contribution >= 0.6 is 0 Å². The summed E-state index contributed by atoms with van der Waals surface area (Å²) in [5.41, 5.74) is 3.60. The quantitative estimate of drug-likeness (QED) is 0.615. The molecule has 0 spiro atoms. The second-order valence-electron chi connectivity index (χ2n) is 6.54. The number of aromatic hydroxyl groups is 1. The maximum Gasteiger partial charge on any atom is 0.200 e. The molecule has 1 aliphatic rings. The lowest BCUT2D eigenvalue weighted by Crippen LogP contribution is -2.43. The van der Waals surface area contributed by atoms with Crippen LogP contribution in [-0.4, -0.2) is 50.3 Å². The van der Waals surface area contributed by atoms with Gasteiger partial charge in [0.1, 0.15) is 0 Å². The topological polar surface area (TPSA) is 66.3 Å². The maximum absolute atomic E-state index is 10.1. The fraction of sp³-hybridized carbons (Fsp3) is 0.318. The van der Waals surface area contributed by atoms with Crippen LogP contribution in [0.1, 0.15) is 17.5 Å². The maximum atomic E-state index is 10.1. The van der Waals surface area contributed by atoms with E-state index in [9.17, 15) is 5.11 Å². The predicted molar refractivity (Wildman–Crippen MR) is 112 cm³/mol. The number of ether oxygens (including phenoxy) is 2. The van der Waals surface area contributed by atoms with Gasteiger partial charge in [0, 0.05) is 26.7 Å². The van der Waals surface area contributed by atoms with Crippen LogP contribution in [0.25, 0.3) is 5.57 Å². The molecule has 28 heavy (non-hydrogen) atoms. The van der Waals surface area contributed by atoms with Crippen molar-refractivity contribution in [3.8, 4) is 17.2 Å². The summed E-state index contributed by atoms with van der Waals surface area (Å²) in [6.45, 7) is 2.26. The minimum absolute atomic E-state index is 0.00717. The summed E-state index contributed by atoms with van der Waals surface area (Å²) >= 11 is 0. The Labute approximate surface area is 166 Å². The molecule has 0 saturated heterocycles. The molecule has 3 rings (SSSR count). The minimum atomic E-state index is 0.00717. The fourth-order valence-corrected chi connectivity index (χ4v) is 3.34. The zero-order chi connectivity index (χ0) is 19.9. The van der Waals surface area contributed by atoms with E-state index in [1.165, 1.54) is 25.4 Å². The van der Waals surface area contributed by atoms with Gasteiger partial charge in [-0.05, 0) is 35.3 Å². The van der Waals surface area contributed by atoms with Crippen molar-refractivity contribution in [3.63, 3.8) is 0 Å². The molecule has 0 radical (unpaired) electrons. The highest BCUT2D eigenvalue weighted by Crippen LogP contribution is 2.37. The van der Waals surface area contributed by atoms with Gasteiger partial charge in [-0.3, -0.25) is 4.99 Å². The third-order valence-corrected chi connectivity index (χ3v) is 4.86. The highest BCUT2D eigenvalue weighted by Gasteiger charge is 2.17. The van der Waals surface area contributed by atoms with Crippen LogP contribution in [-0.2, 0) is 6.54 Å². The van der Waals surface area contributed by atoms with Crippen LogP contribution in [0.3, 0.4) is 0 Å². The molecule has 0 amide bonds. The van der Waals surface area contributed by atoms with E-state index in [4.69, 9.17) is 9.47 Å². The highest BCUT2D eigenvalue weighted by molar-refractivity contribution is 5.81. The molecule has 148 valence electrons. The van der Waals surface area contributed by atoms with Crippen molar-refractivity contribution in [2.24, 2.45) is 4.99 Å². The predicted octanol–water partition coefficient (Wildman–Crippen LogP) is 3.27. The van der Waals surface area contributed by atoms with Crippen LogP contribution in [0.15, 0.2) is 53.5 Å². The number of guanidine groups is 1. The number of nitrogens with zero attached hydrogens (tertiary/aromatic N) is 2. The second-order valence-corrected chi connectivity index (χ2v) is 6.54. The Morgan fingerprint density at radius 2 is 1.82 bits per heavy atom. The van der Waals surface area contributed by atoms with Crippen LogP contribution in [0.5, 0.6) is 17.2 Å². The summed E-state index contributed by atoms with van der Waals surface area (Å²) in [6, 6.07) is 14.1. The Kier molecular flexibility index (Phi) is 6.42. The van der Waals surface area contributed by atoms with E-state index in [-0.39, 0.29) is 5.75 Å². The number of hydrogen-bond donors (Lipinski definition) is 2. The lowest BCUT2D eigenvalue weighted by atomic mass is 10.00. The molecule has 6 heteroatoms. The van der Waals surface area contributed by atoms with E-state index >= 15 is 0 Å². The third kappa shape index (κ3) is 4.39. The number of rotatable bonds is 5. The van der Waals surface area contributed by atoms with E-state index in [0.717, 1.165) is 31.0 Å². The van der Waals surface area contributed by atoms with Crippen LogP contribution in [0.2, 0.25) is 0 Å². The lowest BCUT2D eigenvalue weighted by molar-refractivity contribution is 0.339. The Balaban J connectivity index is 1.65. The van der Waals surface area contributed by atoms with Gasteiger partial charge in [-0.1, -0.05) is 36.4 Å². The number of phenols is 1. The fourth-order valence-electron chi connectivity index (χ4n) is 3.34. The minimum Gasteiger partial charge on any atom is -0.502 e. The number of nitrogens with one attached hydrogen (secondary N) is 1. The molecule has 2 N–H and O–H groups in total. The van der Waals surface area contributed by atoms with Crippen LogP contribution in [0, 0.1) is 0 Å². The SMILES string of the molecule is CN=C(NCc1cc(OC)c(O)c(OC)c1)N1CC=C(c2ccccc2)CC1. The first-order chi connectivity index (χ1) is 13.7. The molecule has 6 nitrogen and oxygen atoms in total. The van der Waals surface area contributed by atoms with E-state index < -0.39 is 0 Å². The molecule has 0 aromatic heterocycles. The zero-order valence-corrected chi connectivity index (χ0v) is 16.6. The number of hydrogen-bond acceptors (Lipinski definition) is 4. The number of methoxy groups -OCH3 is 2. The van der Waals surface area contributed by atoms with E-state index in [2.05, 4.69) is 45.6 Å². The van der Waals surface area contributed by atoms with Crippen molar-refractivity contribution < 1.29 is 14.6 Å². The van der Waals surface area contributed by atoms with Crippen LogP contribution < -0.4 is 14.8 Å². The van der Waals surface area contributed by atoms with Crippen molar-refractivity contribution in [2.75, 3.05) is 34.4 Å². The van der Waals surface area contributed by atoms with E-state index in [1.54, 1.807) is 19.2 Å². The van der Waals surface area contributed by atoms with Gasteiger partial charge in [-0.15, -0.1) is 0 Å². The molecule has 0 fully saturated rings. The van der Waals surface area contributed by atoms with Crippen molar-refractivity contribution in [3.05, 3.63) is 59.7 Å². The zero-order valence-electron chi connectivity index (χ0n) is 16.6. The van der Waals surface area contributed by atoms with Crippen LogP contribution in [0.4, 0.5) is 0 Å². The van der Waals surface area contributed by atoms with Crippen molar-refractivity contribution in [1.82, 2.24) is 10.2 Å². The first-order valence-corrected chi connectivity index (χ1v) is 9.30. The Bertz CT molecular complexity index is 838. The standard InChI is InChI=1S/C22H27N3O3/c1-23-22(24-15-16-13-19(27-2)21(26)20(14-16)28-3)25-11-9-18(10-12-25)17-7-5-4-6-8-17/h4-9,13-14,26H,10-12,15H2,1-3H3,(H,23,24). The number of phenolic OH excluding ortho intramolecular Hbond substituents is 1. The molecule has 0 bridgehead atoms. The smallest absolute Gasteiger partial charge is 0.200 e. The van der Waals surface area contributed by atoms with Gasteiger partial charge in [0.25, 0.3) is 0 Å². The third-order valence-electron chi connectivity index (χ3n) is 4.86. The molecule has 2 aromatic rings. The normalized spacial score (nSPS) is 14.5. The van der Waals surface area contributed by atoms with Crippen molar-refractivity contribution in [2.45, 2.75) is 13.0 Å². The molecular formula is C22H27N3O3. The van der Waals surface area contributed by atoms with Gasteiger partial charge in [0.2, 0.25) is 5.75 Å². The van der Waals surface area contributed by atoms with Gasteiger partial charge in [0.15, 0.2) is 17.5 Å². The summed E-state index contributed by atoms with van der Waals surface area (Å²) < 4.78 is 10.5. The molecular weight excluding hydrogens is 354 g/mol. The Hall–Kier alpha value is -3.15. The molecule has 1 aliphatic heterocycles. The van der Waals surface area contributed by atoms with Gasteiger partial charge < -0.3 is 24.8 Å². The summed E-state index contributed by atoms with van der Waals surface area (Å²) in [4.78, 5) is 6.64. The van der Waals surface area contributed by atoms with Gasteiger partial charge in [0.05, 0.1) is 14.2 Å². The summed E-state index contributed by atoms with van der Waals surface area (Å²) in [5, 5.41) is 13.4. The molecule has 2 aromatic carbocycles. The first-order valence-electron chi connectivity index (χ1n) is 9.30. The first kappa shape index (κ1) is 19.6. The summed E-state index contributed by atoms with van der Waals surface area (Å²) in [7, 11) is 4.83. The number of aliphatic imine (C=N–C) groups is 1.